The van der Waals surface area contributed by atoms with Crippen LogP contribution in [0, 0.1) is 0 Å². The number of benzene rings is 1. The van der Waals surface area contributed by atoms with Gasteiger partial charge in [0.2, 0.25) is 0 Å². The van der Waals surface area contributed by atoms with E-state index in [9.17, 15) is 4.21 Å². The molecule has 0 saturated carbocycles. The van der Waals surface area contributed by atoms with E-state index in [-0.39, 0.29) is 0 Å². The van der Waals surface area contributed by atoms with Crippen LogP contribution in [0.25, 0.3) is 0 Å². The smallest absolute Gasteiger partial charge is 0.423 e. The van der Waals surface area contributed by atoms with Crippen LogP contribution >= 0.6 is 0 Å². The maximum Gasteiger partial charge on any atom is 0.488 e. The summed E-state index contributed by atoms with van der Waals surface area (Å²) in [5, 5.41) is 17.5. The molecule has 0 aliphatic heterocycles. The van der Waals surface area contributed by atoms with E-state index < -0.39 is 17.9 Å². The molecule has 5 heteroatoms. The first kappa shape index (κ1) is 9.44. The van der Waals surface area contributed by atoms with Crippen molar-refractivity contribution in [3.05, 3.63) is 24.3 Å². The van der Waals surface area contributed by atoms with Crippen molar-refractivity contribution in [1.82, 2.24) is 0 Å². The fourth-order valence-electron chi connectivity index (χ4n) is 0.832. The van der Waals surface area contributed by atoms with Gasteiger partial charge in [-0.25, -0.2) is 0 Å². The molecule has 3 nitrogen and oxygen atoms in total. The van der Waals surface area contributed by atoms with E-state index in [1.807, 2.05) is 0 Å². The van der Waals surface area contributed by atoms with Crippen molar-refractivity contribution in [3.63, 3.8) is 0 Å². The van der Waals surface area contributed by atoms with Crippen LogP contribution in [0.3, 0.4) is 0 Å². The summed E-state index contributed by atoms with van der Waals surface area (Å²) in [6.07, 6.45) is 1.57. The Balaban J connectivity index is 2.93. The SMILES string of the molecule is C[S@@](=O)c1ccc(B(O)O)cc1. The Labute approximate surface area is 73.7 Å². The van der Waals surface area contributed by atoms with Gasteiger partial charge in [-0.15, -0.1) is 0 Å². The molecular weight excluding hydrogens is 175 g/mol. The lowest BCUT2D eigenvalue weighted by Gasteiger charge is -1.99. The van der Waals surface area contributed by atoms with E-state index in [1.54, 1.807) is 30.5 Å². The highest BCUT2D eigenvalue weighted by atomic mass is 32.2. The van der Waals surface area contributed by atoms with Gasteiger partial charge in [-0.05, 0) is 17.6 Å². The van der Waals surface area contributed by atoms with Gasteiger partial charge in [-0.1, -0.05) is 12.1 Å². The molecule has 1 atom stereocenters. The molecule has 0 aromatic heterocycles. The van der Waals surface area contributed by atoms with Crippen LogP contribution in [0.5, 0.6) is 0 Å². The zero-order valence-corrected chi connectivity index (χ0v) is 7.41. The minimum Gasteiger partial charge on any atom is -0.423 e. The molecule has 0 spiro atoms. The molecule has 1 rings (SSSR count). The average molecular weight is 184 g/mol. The van der Waals surface area contributed by atoms with Crippen LogP contribution < -0.4 is 5.46 Å². The molecule has 0 radical (unpaired) electrons. The van der Waals surface area contributed by atoms with Crippen molar-refractivity contribution >= 4 is 23.4 Å². The Morgan fingerprint density at radius 2 is 1.75 bits per heavy atom. The number of hydrogen-bond acceptors (Lipinski definition) is 3. The largest absolute Gasteiger partial charge is 0.488 e. The van der Waals surface area contributed by atoms with Crippen molar-refractivity contribution in [1.29, 1.82) is 0 Å². The maximum atomic E-state index is 10.9. The van der Waals surface area contributed by atoms with Crippen molar-refractivity contribution in [2.75, 3.05) is 6.26 Å². The Kier molecular flexibility index (Phi) is 3.02. The standard InChI is InChI=1S/C7H9BO3S/c1-12(11)7-4-2-6(3-5-7)8(9)10/h2-5,9-10H,1H3/t12-/m1/s1. The van der Waals surface area contributed by atoms with E-state index in [4.69, 9.17) is 10.0 Å². The van der Waals surface area contributed by atoms with E-state index in [0.717, 1.165) is 0 Å². The monoisotopic (exact) mass is 184 g/mol. The molecule has 12 heavy (non-hydrogen) atoms. The second kappa shape index (κ2) is 3.84. The first-order chi connectivity index (χ1) is 5.61. The van der Waals surface area contributed by atoms with E-state index in [2.05, 4.69) is 0 Å². The third-order valence-electron chi connectivity index (χ3n) is 1.51. The van der Waals surface area contributed by atoms with Gasteiger partial charge in [0.05, 0.1) is 0 Å². The normalized spacial score (nSPS) is 12.6. The van der Waals surface area contributed by atoms with Crippen LogP contribution in [0.2, 0.25) is 0 Å². The molecule has 0 unspecified atom stereocenters. The van der Waals surface area contributed by atoms with Crippen LogP contribution in [-0.4, -0.2) is 27.6 Å². The summed E-state index contributed by atoms with van der Waals surface area (Å²) in [6, 6.07) is 6.32. The van der Waals surface area contributed by atoms with Gasteiger partial charge < -0.3 is 10.0 Å². The molecule has 0 aliphatic carbocycles. The van der Waals surface area contributed by atoms with Gasteiger partial charge in [-0.3, -0.25) is 4.21 Å². The van der Waals surface area contributed by atoms with Gasteiger partial charge in [0.1, 0.15) is 0 Å². The number of hydrogen-bond donors (Lipinski definition) is 2. The summed E-state index contributed by atoms with van der Waals surface area (Å²) < 4.78 is 10.9. The Morgan fingerprint density at radius 3 is 2.08 bits per heavy atom. The summed E-state index contributed by atoms with van der Waals surface area (Å²) in [6.45, 7) is 0. The van der Waals surface area contributed by atoms with Gasteiger partial charge in [0.15, 0.2) is 0 Å². The van der Waals surface area contributed by atoms with E-state index in [1.165, 1.54) is 0 Å². The summed E-state index contributed by atoms with van der Waals surface area (Å²) in [5.74, 6) is 0. The first-order valence-corrected chi connectivity index (χ1v) is 4.96. The van der Waals surface area contributed by atoms with Crippen molar-refractivity contribution in [2.45, 2.75) is 4.90 Å². The minimum atomic E-state index is -1.45. The Hall–Kier alpha value is -0.645. The molecule has 0 fully saturated rings. The second-order valence-corrected chi connectivity index (χ2v) is 3.78. The predicted molar refractivity (Wildman–Crippen MR) is 48.6 cm³/mol. The predicted octanol–water partition coefficient (Wildman–Crippen LogP) is -0.896. The van der Waals surface area contributed by atoms with Gasteiger partial charge in [-0.2, -0.15) is 0 Å². The fraction of sp³-hybridized carbons (Fsp3) is 0.143. The maximum absolute atomic E-state index is 10.9. The second-order valence-electron chi connectivity index (χ2n) is 2.40. The van der Waals surface area contributed by atoms with Crippen LogP contribution in [0.15, 0.2) is 29.2 Å². The minimum absolute atomic E-state index is 0.407. The van der Waals surface area contributed by atoms with Crippen molar-refractivity contribution in [2.24, 2.45) is 0 Å². The topological polar surface area (TPSA) is 57.5 Å². The molecule has 1 aromatic carbocycles. The van der Waals surface area contributed by atoms with E-state index in [0.29, 0.717) is 10.4 Å². The zero-order chi connectivity index (χ0) is 9.14. The highest BCUT2D eigenvalue weighted by Crippen LogP contribution is 2.01. The van der Waals surface area contributed by atoms with Crippen molar-refractivity contribution in [3.8, 4) is 0 Å². The van der Waals surface area contributed by atoms with Crippen LogP contribution in [-0.2, 0) is 10.8 Å². The third-order valence-corrected chi connectivity index (χ3v) is 2.45. The van der Waals surface area contributed by atoms with Crippen LogP contribution in [0.4, 0.5) is 0 Å². The van der Waals surface area contributed by atoms with Crippen LogP contribution in [0.1, 0.15) is 0 Å². The third kappa shape index (κ3) is 2.17. The Bertz CT molecular complexity index is 283. The highest BCUT2D eigenvalue weighted by molar-refractivity contribution is 7.84. The fourth-order valence-corrected chi connectivity index (χ4v) is 1.35. The summed E-state index contributed by atoms with van der Waals surface area (Å²) in [5.41, 5.74) is 0.407. The molecule has 0 amide bonds. The zero-order valence-electron chi connectivity index (χ0n) is 6.60. The lowest BCUT2D eigenvalue weighted by atomic mass is 9.81. The van der Waals surface area contributed by atoms with Gasteiger partial charge in [0.25, 0.3) is 0 Å². The molecule has 0 heterocycles. The van der Waals surface area contributed by atoms with Gasteiger partial charge in [0, 0.05) is 22.0 Å². The average Bonchev–Trinajstić information content (AvgIpc) is 2.04. The van der Waals surface area contributed by atoms with Crippen molar-refractivity contribution < 1.29 is 14.3 Å². The molecule has 0 aliphatic rings. The Morgan fingerprint density at radius 1 is 1.25 bits per heavy atom. The lowest BCUT2D eigenvalue weighted by Crippen LogP contribution is -2.29. The first-order valence-electron chi connectivity index (χ1n) is 3.41. The number of rotatable bonds is 2. The van der Waals surface area contributed by atoms with Gasteiger partial charge >= 0.3 is 7.12 Å². The lowest BCUT2D eigenvalue weighted by molar-refractivity contribution is 0.425. The molecule has 0 saturated heterocycles. The highest BCUT2D eigenvalue weighted by Gasteiger charge is 2.09. The molecule has 64 valence electrons. The van der Waals surface area contributed by atoms with E-state index >= 15 is 0 Å². The summed E-state index contributed by atoms with van der Waals surface area (Å²) in [4.78, 5) is 0.680. The molecule has 1 aromatic rings. The quantitative estimate of drug-likeness (QED) is 0.586. The molecule has 2 N–H and O–H groups in total. The summed E-state index contributed by atoms with van der Waals surface area (Å²) >= 11 is 0. The molecular formula is C7H9BO3S. The summed E-state index contributed by atoms with van der Waals surface area (Å²) in [7, 11) is -2.47. The molecule has 0 bridgehead atoms.